The van der Waals surface area contributed by atoms with Crippen molar-refractivity contribution in [1.29, 1.82) is 0 Å². The number of thiophene rings is 3. The molecule has 0 amide bonds. The maximum absolute atomic E-state index is 2.51. The highest BCUT2D eigenvalue weighted by atomic mass is 32.1. The van der Waals surface area contributed by atoms with E-state index in [0.717, 1.165) is 17.1 Å². The van der Waals surface area contributed by atoms with Crippen LogP contribution >= 0.6 is 34.0 Å². The van der Waals surface area contributed by atoms with E-state index in [-0.39, 0.29) is 0 Å². The third kappa shape index (κ3) is 5.30. The van der Waals surface area contributed by atoms with Crippen LogP contribution in [0.5, 0.6) is 0 Å². The molecule has 0 bridgehead atoms. The second-order valence-electron chi connectivity index (χ2n) is 14.6. The van der Waals surface area contributed by atoms with E-state index in [4.69, 9.17) is 0 Å². The molecule has 12 rings (SSSR count). The van der Waals surface area contributed by atoms with Crippen molar-refractivity contribution >= 4 is 102 Å². The van der Waals surface area contributed by atoms with E-state index in [1.807, 2.05) is 34.0 Å². The van der Waals surface area contributed by atoms with Gasteiger partial charge in [-0.2, -0.15) is 0 Å². The number of rotatable bonds is 7. The average Bonchev–Trinajstić information content (AvgIpc) is 4.11. The van der Waals surface area contributed by atoms with Gasteiger partial charge in [0.1, 0.15) is 5.00 Å². The van der Waals surface area contributed by atoms with Crippen LogP contribution in [0.2, 0.25) is 0 Å². The minimum absolute atomic E-state index is 1.12. The summed E-state index contributed by atoms with van der Waals surface area (Å²) < 4.78 is 10.3. The van der Waals surface area contributed by atoms with Crippen LogP contribution in [0.3, 0.4) is 0 Å². The first-order valence-electron chi connectivity index (χ1n) is 19.4. The number of anilines is 3. The van der Waals surface area contributed by atoms with Crippen molar-refractivity contribution in [2.45, 2.75) is 0 Å². The van der Waals surface area contributed by atoms with Gasteiger partial charge in [-0.15, -0.1) is 34.0 Å². The molecular weight excluding hydrogens is 763 g/mol. The summed E-state index contributed by atoms with van der Waals surface area (Å²) in [5, 5.41) is 5.91. The predicted molar refractivity (Wildman–Crippen MR) is 252 cm³/mol. The van der Waals surface area contributed by atoms with Crippen molar-refractivity contribution in [2.24, 2.45) is 0 Å². The van der Waals surface area contributed by atoms with E-state index < -0.39 is 0 Å². The molecule has 7 aromatic carbocycles. The lowest BCUT2D eigenvalue weighted by Gasteiger charge is -2.24. The van der Waals surface area contributed by atoms with Crippen molar-refractivity contribution in [3.8, 4) is 33.6 Å². The van der Waals surface area contributed by atoms with Gasteiger partial charge in [0.2, 0.25) is 0 Å². The highest BCUT2D eigenvalue weighted by molar-refractivity contribution is 7.34. The third-order valence-electron chi connectivity index (χ3n) is 11.2. The Morgan fingerprint density at radius 3 is 1.53 bits per heavy atom. The number of nitrogens with zero attached hydrogens (tertiary/aromatic N) is 3. The van der Waals surface area contributed by atoms with Gasteiger partial charge in [0.05, 0.1) is 40.9 Å². The smallest absolute Gasteiger partial charge is 0.103 e. The Kier molecular flexibility index (Phi) is 7.76. The van der Waals surface area contributed by atoms with Crippen molar-refractivity contribution < 1.29 is 0 Å². The summed E-state index contributed by atoms with van der Waals surface area (Å²) in [4.78, 5) is 2.43. The fourth-order valence-electron chi connectivity index (χ4n) is 8.53. The summed E-state index contributed by atoms with van der Waals surface area (Å²) in [6.45, 7) is 0. The van der Waals surface area contributed by atoms with Crippen molar-refractivity contribution in [3.63, 3.8) is 0 Å². The Labute approximate surface area is 347 Å². The molecule has 5 aromatic heterocycles. The number of para-hydroxylation sites is 1. The molecule has 6 heteroatoms. The molecular formula is C52H33N3S3. The summed E-state index contributed by atoms with van der Waals surface area (Å²) in [7, 11) is 0. The monoisotopic (exact) mass is 795 g/mol. The molecule has 274 valence electrons. The molecule has 58 heavy (non-hydrogen) atoms. The molecule has 0 aliphatic carbocycles. The van der Waals surface area contributed by atoms with Crippen molar-refractivity contribution in [1.82, 2.24) is 9.13 Å². The van der Waals surface area contributed by atoms with Gasteiger partial charge in [-0.25, -0.2) is 0 Å². The van der Waals surface area contributed by atoms with Crippen LogP contribution in [0.4, 0.5) is 16.4 Å². The molecule has 0 saturated carbocycles. The molecule has 0 unspecified atom stereocenters. The number of aromatic nitrogens is 2. The quantitative estimate of drug-likeness (QED) is 0.157. The molecule has 3 nitrogen and oxygen atoms in total. The lowest BCUT2D eigenvalue weighted by atomic mass is 10.0. The zero-order valence-corrected chi connectivity index (χ0v) is 33.6. The molecule has 0 aliphatic heterocycles. The second kappa shape index (κ2) is 13.5. The Morgan fingerprint density at radius 1 is 0.362 bits per heavy atom. The van der Waals surface area contributed by atoms with E-state index in [0.29, 0.717) is 0 Å². The van der Waals surface area contributed by atoms with E-state index in [1.54, 1.807) is 0 Å². The first-order valence-corrected chi connectivity index (χ1v) is 21.9. The second-order valence-corrected chi connectivity index (χ2v) is 17.6. The van der Waals surface area contributed by atoms with Gasteiger partial charge in [-0.05, 0) is 99.1 Å². The van der Waals surface area contributed by atoms with Crippen LogP contribution in [0, 0.1) is 0 Å². The van der Waals surface area contributed by atoms with Gasteiger partial charge in [0, 0.05) is 22.7 Å². The van der Waals surface area contributed by atoms with Crippen LogP contribution in [-0.2, 0) is 0 Å². The largest absolute Gasteiger partial charge is 0.306 e. The Morgan fingerprint density at radius 2 is 0.897 bits per heavy atom. The Balaban J connectivity index is 1.09. The van der Waals surface area contributed by atoms with E-state index in [9.17, 15) is 0 Å². The van der Waals surface area contributed by atoms with Gasteiger partial charge < -0.3 is 14.0 Å². The topological polar surface area (TPSA) is 13.1 Å². The van der Waals surface area contributed by atoms with Crippen LogP contribution in [0.25, 0.3) is 85.3 Å². The lowest BCUT2D eigenvalue weighted by Crippen LogP contribution is -2.08. The van der Waals surface area contributed by atoms with Gasteiger partial charge in [-0.3, -0.25) is 0 Å². The van der Waals surface area contributed by atoms with Crippen LogP contribution in [0.1, 0.15) is 0 Å². The molecule has 0 fully saturated rings. The Hall–Kier alpha value is -6.70. The zero-order valence-electron chi connectivity index (χ0n) is 31.1. The average molecular weight is 796 g/mol. The maximum atomic E-state index is 2.51. The molecule has 12 aromatic rings. The van der Waals surface area contributed by atoms with Gasteiger partial charge in [0.15, 0.2) is 0 Å². The highest BCUT2D eigenvalue weighted by Crippen LogP contribution is 2.52. The fourth-order valence-corrected chi connectivity index (χ4v) is 12.2. The summed E-state index contributed by atoms with van der Waals surface area (Å²) in [6.07, 6.45) is 0. The minimum Gasteiger partial charge on any atom is -0.306 e. The zero-order chi connectivity index (χ0) is 38.2. The van der Waals surface area contributed by atoms with Crippen LogP contribution in [0.15, 0.2) is 200 Å². The molecule has 0 N–H and O–H groups in total. The van der Waals surface area contributed by atoms with Gasteiger partial charge in [-0.1, -0.05) is 133 Å². The summed E-state index contributed by atoms with van der Waals surface area (Å²) >= 11 is 5.66. The van der Waals surface area contributed by atoms with Gasteiger partial charge >= 0.3 is 0 Å². The summed E-state index contributed by atoms with van der Waals surface area (Å²) in [6, 6.07) is 70.4. The molecule has 0 spiro atoms. The molecule has 0 atom stereocenters. The third-order valence-corrected chi connectivity index (χ3v) is 14.7. The van der Waals surface area contributed by atoms with E-state index >= 15 is 0 Å². The highest BCUT2D eigenvalue weighted by Gasteiger charge is 2.27. The van der Waals surface area contributed by atoms with E-state index in [1.165, 1.54) is 84.6 Å². The number of hydrogen-bond donors (Lipinski definition) is 0. The van der Waals surface area contributed by atoms with Crippen LogP contribution < -0.4 is 4.90 Å². The first-order chi connectivity index (χ1) is 28.8. The number of hydrogen-bond acceptors (Lipinski definition) is 4. The SMILES string of the molecule is c1ccc(-c2ccc(N(c3ccc(-c4ccccc4)cc3)c3cc4c(s3)c3sc5c6sccc6n(-c6ccc7ccccc7c6)c5c3n4-c3ccccc3)cc2)cc1. The summed E-state index contributed by atoms with van der Waals surface area (Å²) in [5.74, 6) is 0. The normalized spacial score (nSPS) is 11.8. The maximum Gasteiger partial charge on any atom is 0.103 e. The van der Waals surface area contributed by atoms with E-state index in [2.05, 4.69) is 214 Å². The molecule has 0 radical (unpaired) electrons. The van der Waals surface area contributed by atoms with Gasteiger partial charge in [0.25, 0.3) is 0 Å². The first kappa shape index (κ1) is 33.4. The van der Waals surface area contributed by atoms with Crippen molar-refractivity contribution in [2.75, 3.05) is 4.90 Å². The van der Waals surface area contributed by atoms with Crippen LogP contribution in [-0.4, -0.2) is 9.13 Å². The summed E-state index contributed by atoms with van der Waals surface area (Å²) in [5.41, 5.74) is 14.4. The fraction of sp³-hybridized carbons (Fsp3) is 0. The lowest BCUT2D eigenvalue weighted by molar-refractivity contribution is 1.15. The predicted octanol–water partition coefficient (Wildman–Crippen LogP) is 16.0. The molecule has 0 saturated heterocycles. The molecule has 0 aliphatic rings. The number of benzene rings is 7. The van der Waals surface area contributed by atoms with Crippen molar-refractivity contribution in [3.05, 3.63) is 200 Å². The molecule has 5 heterocycles. The number of fused-ring (bicyclic) bond motifs is 8. The minimum atomic E-state index is 1.12. The Bertz CT molecular complexity index is 3340. The standard InChI is InChI=1S/C52H33N3S3/c1-4-12-34(13-5-1)37-20-25-41(26-21-37)53(42-27-22-38(23-28-42)35-14-6-2-7-15-35)46-33-45-50(57-46)52-48(54(45)40-18-8-3-9-19-40)47-51(58-52)49-44(30-31-56-49)55(47)43-29-24-36-16-10-11-17-39(36)32-43/h1-33H.